The third kappa shape index (κ3) is 2.50. The molecule has 1 aromatic heterocycles. The summed E-state index contributed by atoms with van der Waals surface area (Å²) in [6.07, 6.45) is 5.61. The number of fused-ring (bicyclic) bond motifs is 1. The Morgan fingerprint density at radius 3 is 2.89 bits per heavy atom. The minimum Gasteiger partial charge on any atom is -0.399 e. The van der Waals surface area contributed by atoms with E-state index in [2.05, 4.69) is 36.3 Å². The second-order valence-corrected chi connectivity index (χ2v) is 6.38. The summed E-state index contributed by atoms with van der Waals surface area (Å²) in [5, 5.41) is 4.83. The van der Waals surface area contributed by atoms with Crippen molar-refractivity contribution in [2.75, 3.05) is 11.1 Å². The highest BCUT2D eigenvalue weighted by Gasteiger charge is 2.30. The fraction of sp³-hybridized carbons (Fsp3) is 0.438. The van der Waals surface area contributed by atoms with Gasteiger partial charge in [-0.3, -0.25) is 4.98 Å². The molecule has 0 spiro atoms. The van der Waals surface area contributed by atoms with Crippen LogP contribution in [0.3, 0.4) is 0 Å². The predicted octanol–water partition coefficient (Wildman–Crippen LogP) is 3.81. The molecule has 1 atom stereocenters. The van der Waals surface area contributed by atoms with Gasteiger partial charge >= 0.3 is 0 Å². The summed E-state index contributed by atoms with van der Waals surface area (Å²) >= 11 is 0. The Morgan fingerprint density at radius 2 is 2.16 bits per heavy atom. The maximum atomic E-state index is 5.81. The number of pyridine rings is 1. The van der Waals surface area contributed by atoms with Crippen molar-refractivity contribution in [3.8, 4) is 0 Å². The summed E-state index contributed by atoms with van der Waals surface area (Å²) in [5.41, 5.74) is 9.17. The third-order valence-electron chi connectivity index (χ3n) is 4.09. The number of nitrogens with two attached hydrogens (primary N) is 1. The predicted molar refractivity (Wildman–Crippen MR) is 81.2 cm³/mol. The average Bonchev–Trinajstić information content (AvgIpc) is 2.68. The molecule has 19 heavy (non-hydrogen) atoms. The smallest absolute Gasteiger partial charge is 0.0743 e. The van der Waals surface area contributed by atoms with E-state index in [1.165, 1.54) is 24.9 Å². The minimum atomic E-state index is 0.463. The van der Waals surface area contributed by atoms with E-state index in [1.54, 1.807) is 0 Å². The number of nitrogens with one attached hydrogen (secondary N) is 1. The number of nitrogen functional groups attached to an aromatic ring is 1. The fourth-order valence-electron chi connectivity index (χ4n) is 3.07. The van der Waals surface area contributed by atoms with E-state index < -0.39 is 0 Å². The number of benzene rings is 1. The van der Waals surface area contributed by atoms with Crippen molar-refractivity contribution in [2.45, 2.75) is 39.2 Å². The van der Waals surface area contributed by atoms with Crippen molar-refractivity contribution in [1.29, 1.82) is 0 Å². The van der Waals surface area contributed by atoms with E-state index in [9.17, 15) is 0 Å². The number of hydrogen-bond acceptors (Lipinski definition) is 3. The summed E-state index contributed by atoms with van der Waals surface area (Å²) in [6, 6.07) is 8.55. The van der Waals surface area contributed by atoms with Gasteiger partial charge in [-0.05, 0) is 48.9 Å². The second kappa shape index (κ2) is 4.41. The summed E-state index contributed by atoms with van der Waals surface area (Å²) in [6.45, 7) is 4.69. The quantitative estimate of drug-likeness (QED) is 0.802. The molecule has 3 nitrogen and oxygen atoms in total. The first-order chi connectivity index (χ1) is 9.03. The first-order valence-electron chi connectivity index (χ1n) is 6.94. The van der Waals surface area contributed by atoms with Crippen molar-refractivity contribution >= 4 is 22.3 Å². The highest BCUT2D eigenvalue weighted by atomic mass is 14.9. The Bertz CT molecular complexity index is 604. The van der Waals surface area contributed by atoms with Gasteiger partial charge in [0.1, 0.15) is 0 Å². The molecular weight excluding hydrogens is 234 g/mol. The van der Waals surface area contributed by atoms with E-state index in [4.69, 9.17) is 5.73 Å². The zero-order chi connectivity index (χ0) is 13.5. The van der Waals surface area contributed by atoms with Gasteiger partial charge in [0, 0.05) is 29.0 Å². The molecule has 0 bridgehead atoms. The zero-order valence-corrected chi connectivity index (χ0v) is 11.6. The number of nitrogens with zero attached hydrogens (tertiary/aromatic N) is 1. The number of anilines is 2. The molecule has 3 N–H and O–H groups in total. The molecule has 1 fully saturated rings. The van der Waals surface area contributed by atoms with Crippen molar-refractivity contribution in [1.82, 2.24) is 4.98 Å². The van der Waals surface area contributed by atoms with Crippen LogP contribution in [-0.2, 0) is 0 Å². The first-order valence-corrected chi connectivity index (χ1v) is 6.94. The first kappa shape index (κ1) is 12.3. The van der Waals surface area contributed by atoms with Gasteiger partial charge in [-0.25, -0.2) is 0 Å². The van der Waals surface area contributed by atoms with Gasteiger partial charge < -0.3 is 11.1 Å². The highest BCUT2D eigenvalue weighted by molar-refractivity contribution is 5.92. The Balaban J connectivity index is 1.89. The van der Waals surface area contributed by atoms with Gasteiger partial charge in [-0.1, -0.05) is 13.8 Å². The molecule has 1 aliphatic carbocycles. The highest BCUT2D eigenvalue weighted by Crippen LogP contribution is 2.38. The lowest BCUT2D eigenvalue weighted by molar-refractivity contribution is 0.378. The Morgan fingerprint density at radius 1 is 1.32 bits per heavy atom. The average molecular weight is 255 g/mol. The van der Waals surface area contributed by atoms with Crippen LogP contribution in [0.1, 0.15) is 33.1 Å². The molecule has 1 saturated carbocycles. The largest absolute Gasteiger partial charge is 0.399 e. The molecule has 3 heteroatoms. The van der Waals surface area contributed by atoms with Crippen molar-refractivity contribution in [3.05, 3.63) is 30.5 Å². The fourth-order valence-corrected chi connectivity index (χ4v) is 3.07. The molecule has 1 aliphatic rings. The van der Waals surface area contributed by atoms with Gasteiger partial charge in [-0.2, -0.15) is 0 Å². The molecule has 0 radical (unpaired) electrons. The molecule has 1 heterocycles. The molecule has 1 unspecified atom stereocenters. The Hall–Kier alpha value is -1.77. The van der Waals surface area contributed by atoms with Crippen molar-refractivity contribution < 1.29 is 0 Å². The summed E-state index contributed by atoms with van der Waals surface area (Å²) in [5.74, 6) is 0. The molecule has 0 aliphatic heterocycles. The number of rotatable bonds is 2. The lowest BCUT2D eigenvalue weighted by Crippen LogP contribution is -2.17. The van der Waals surface area contributed by atoms with Crippen LogP contribution in [0.15, 0.2) is 30.5 Å². The zero-order valence-electron chi connectivity index (χ0n) is 11.6. The van der Waals surface area contributed by atoms with Gasteiger partial charge in [0.15, 0.2) is 0 Å². The van der Waals surface area contributed by atoms with Crippen LogP contribution in [-0.4, -0.2) is 11.0 Å². The lowest BCUT2D eigenvalue weighted by Gasteiger charge is -2.19. The molecule has 2 aromatic rings. The van der Waals surface area contributed by atoms with Crippen LogP contribution in [0.2, 0.25) is 0 Å². The molecule has 100 valence electrons. The molecule has 1 aromatic carbocycles. The summed E-state index contributed by atoms with van der Waals surface area (Å²) in [4.78, 5) is 4.39. The van der Waals surface area contributed by atoms with E-state index in [-0.39, 0.29) is 0 Å². The van der Waals surface area contributed by atoms with Crippen LogP contribution in [0, 0.1) is 5.41 Å². The van der Waals surface area contributed by atoms with Gasteiger partial charge in [-0.15, -0.1) is 0 Å². The van der Waals surface area contributed by atoms with E-state index in [0.29, 0.717) is 11.5 Å². The van der Waals surface area contributed by atoms with Gasteiger partial charge in [0.05, 0.1) is 5.52 Å². The van der Waals surface area contributed by atoms with Crippen molar-refractivity contribution in [3.63, 3.8) is 0 Å². The standard InChI is InChI=1S/C16H21N3/c1-16(2)7-5-12(10-16)19-14-6-8-18-15-9-11(17)3-4-13(14)15/h3-4,6,8-9,12H,5,7,10,17H2,1-2H3,(H,18,19). The van der Waals surface area contributed by atoms with Gasteiger partial charge in [0.25, 0.3) is 0 Å². The number of hydrogen-bond donors (Lipinski definition) is 2. The minimum absolute atomic E-state index is 0.463. The SMILES string of the molecule is CC1(C)CCC(Nc2ccnc3cc(N)ccc23)C1. The normalized spacial score (nSPS) is 21.7. The molecule has 0 amide bonds. The lowest BCUT2D eigenvalue weighted by atomic mass is 9.92. The Kier molecular flexibility index (Phi) is 2.85. The topological polar surface area (TPSA) is 50.9 Å². The van der Waals surface area contributed by atoms with E-state index in [1.807, 2.05) is 18.3 Å². The number of aromatic nitrogens is 1. The van der Waals surface area contributed by atoms with Crippen LogP contribution in [0.5, 0.6) is 0 Å². The van der Waals surface area contributed by atoms with Crippen molar-refractivity contribution in [2.24, 2.45) is 5.41 Å². The van der Waals surface area contributed by atoms with Gasteiger partial charge in [0.2, 0.25) is 0 Å². The van der Waals surface area contributed by atoms with E-state index in [0.717, 1.165) is 16.6 Å². The van der Waals surface area contributed by atoms with Crippen LogP contribution in [0.4, 0.5) is 11.4 Å². The summed E-state index contributed by atoms with van der Waals surface area (Å²) in [7, 11) is 0. The van der Waals surface area contributed by atoms with Crippen LogP contribution >= 0.6 is 0 Å². The van der Waals surface area contributed by atoms with E-state index >= 15 is 0 Å². The maximum Gasteiger partial charge on any atom is 0.0743 e. The monoisotopic (exact) mass is 255 g/mol. The molecular formula is C16H21N3. The second-order valence-electron chi connectivity index (χ2n) is 6.38. The molecule has 3 rings (SSSR count). The Labute approximate surface area is 114 Å². The molecule has 0 saturated heterocycles. The third-order valence-corrected chi connectivity index (χ3v) is 4.09. The van der Waals surface area contributed by atoms with Crippen LogP contribution < -0.4 is 11.1 Å². The summed E-state index contributed by atoms with van der Waals surface area (Å²) < 4.78 is 0. The maximum absolute atomic E-state index is 5.81. The van der Waals surface area contributed by atoms with Crippen LogP contribution in [0.25, 0.3) is 10.9 Å².